The summed E-state index contributed by atoms with van der Waals surface area (Å²) in [7, 11) is -4.01. The van der Waals surface area contributed by atoms with Gasteiger partial charge in [0.05, 0.1) is 11.5 Å². The molecule has 0 spiro atoms. The maximum atomic E-state index is 12.1. The highest BCUT2D eigenvalue weighted by atomic mass is 29.3. The molecule has 0 heterocycles. The van der Waals surface area contributed by atoms with Crippen LogP contribution in [0.15, 0.2) is 24.3 Å². The Labute approximate surface area is 149 Å². The van der Waals surface area contributed by atoms with Gasteiger partial charge in [-0.3, -0.25) is 0 Å². The zero-order valence-corrected chi connectivity index (χ0v) is 18.6. The lowest BCUT2D eigenvalue weighted by atomic mass is 10.4. The molecule has 2 atom stereocenters. The summed E-state index contributed by atoms with van der Waals surface area (Å²) >= 11 is 0. The first-order chi connectivity index (χ1) is 10.8. The third-order valence-corrected chi connectivity index (χ3v) is 23.5. The van der Waals surface area contributed by atoms with Gasteiger partial charge in [0.1, 0.15) is 7.59 Å². The van der Waals surface area contributed by atoms with Crippen molar-refractivity contribution in [3.05, 3.63) is 24.3 Å². The van der Waals surface area contributed by atoms with Gasteiger partial charge >= 0.3 is 11.9 Å². The Morgan fingerprint density at radius 3 is 1.29 bits per heavy atom. The lowest BCUT2D eigenvalue weighted by molar-refractivity contribution is -0.142. The molecule has 0 radical (unpaired) electrons. The van der Waals surface area contributed by atoms with Crippen molar-refractivity contribution in [1.82, 2.24) is 0 Å². The number of hydrogen-bond acceptors (Lipinski definition) is 4. The summed E-state index contributed by atoms with van der Waals surface area (Å²) in [4.78, 5) is 24.2. The van der Waals surface area contributed by atoms with Crippen LogP contribution in [0.3, 0.4) is 0 Å². The Morgan fingerprint density at radius 1 is 0.833 bits per heavy atom. The summed E-state index contributed by atoms with van der Waals surface area (Å²) in [6.45, 7) is 23.7. The fraction of sp³-hybridized carbons (Fsp3) is 0.667. The molecule has 0 aromatic heterocycles. The predicted molar refractivity (Wildman–Crippen MR) is 105 cm³/mol. The van der Waals surface area contributed by atoms with Crippen molar-refractivity contribution in [2.75, 3.05) is 0 Å². The van der Waals surface area contributed by atoms with Crippen LogP contribution in [0.2, 0.25) is 26.2 Å². The lowest BCUT2D eigenvalue weighted by Gasteiger charge is -2.47. The van der Waals surface area contributed by atoms with Crippen LogP contribution < -0.4 is 0 Å². The number of carbonyl (C=O) groups is 2. The minimum Gasteiger partial charge on any atom is -0.463 e. The van der Waals surface area contributed by atoms with E-state index in [0.29, 0.717) is 24.0 Å². The van der Waals surface area contributed by atoms with E-state index in [-0.39, 0.29) is 23.4 Å². The first-order valence-corrected chi connectivity index (χ1v) is 15.7. The van der Waals surface area contributed by atoms with Crippen molar-refractivity contribution in [2.45, 2.75) is 78.2 Å². The maximum Gasteiger partial charge on any atom is 0.333 e. The van der Waals surface area contributed by atoms with Gasteiger partial charge < -0.3 is 9.47 Å². The molecule has 0 aromatic rings. The molecule has 0 saturated heterocycles. The highest BCUT2D eigenvalue weighted by Crippen LogP contribution is 2.33. The second-order valence-electron chi connectivity index (χ2n) is 7.70. The molecule has 0 aliphatic heterocycles. The average Bonchev–Trinajstić information content (AvgIpc) is 2.47. The third kappa shape index (κ3) is 5.18. The van der Waals surface area contributed by atoms with Gasteiger partial charge in [0.2, 0.25) is 0 Å². The fourth-order valence-electron chi connectivity index (χ4n) is 2.89. The topological polar surface area (TPSA) is 52.6 Å². The SMILES string of the molecule is C=C(C)C(=O)OC(CC)[Si](C)(C(CC)OC(=O)C(=C)C)[Si](C)(C)C. The van der Waals surface area contributed by atoms with Crippen LogP contribution in [0.1, 0.15) is 40.5 Å². The summed E-state index contributed by atoms with van der Waals surface area (Å²) in [5, 5.41) is 0. The number of hydrogen-bond donors (Lipinski definition) is 0. The highest BCUT2D eigenvalue weighted by molar-refractivity contribution is 7.41. The van der Waals surface area contributed by atoms with Gasteiger partial charge in [0, 0.05) is 18.7 Å². The fourth-order valence-corrected chi connectivity index (χ4v) is 15.0. The van der Waals surface area contributed by atoms with Crippen molar-refractivity contribution in [3.8, 4) is 0 Å². The summed E-state index contributed by atoms with van der Waals surface area (Å²) in [6.07, 6.45) is 1.43. The molecule has 0 rings (SSSR count). The smallest absolute Gasteiger partial charge is 0.333 e. The van der Waals surface area contributed by atoms with E-state index in [1.165, 1.54) is 0 Å². The van der Waals surface area contributed by atoms with Gasteiger partial charge in [-0.15, -0.1) is 0 Å². The van der Waals surface area contributed by atoms with E-state index in [2.05, 4.69) is 39.3 Å². The van der Waals surface area contributed by atoms with Crippen LogP contribution in [0.25, 0.3) is 0 Å². The molecule has 0 saturated carbocycles. The molecule has 0 aliphatic carbocycles. The van der Waals surface area contributed by atoms with Crippen molar-refractivity contribution >= 4 is 27.1 Å². The minimum atomic E-state index is -2.26. The first kappa shape index (κ1) is 22.9. The zero-order valence-electron chi connectivity index (χ0n) is 16.6. The second kappa shape index (κ2) is 8.80. The predicted octanol–water partition coefficient (Wildman–Crippen LogP) is 4.36. The quantitative estimate of drug-likeness (QED) is 0.344. The molecule has 4 nitrogen and oxygen atoms in total. The Balaban J connectivity index is 5.89. The zero-order chi connectivity index (χ0) is 19.3. The second-order valence-corrected chi connectivity index (χ2v) is 23.8. The normalized spacial score (nSPS) is 16.5. The molecular weight excluding hydrogens is 336 g/mol. The van der Waals surface area contributed by atoms with Gasteiger partial charge in [-0.05, 0) is 26.7 Å². The Hall–Kier alpha value is -1.15. The first-order valence-electron chi connectivity index (χ1n) is 8.55. The number of esters is 2. The molecule has 6 heteroatoms. The maximum absolute atomic E-state index is 12.1. The van der Waals surface area contributed by atoms with Crippen LogP contribution in [0.5, 0.6) is 0 Å². The average molecular weight is 371 g/mol. The lowest BCUT2D eigenvalue weighted by Crippen LogP contribution is -2.71. The largest absolute Gasteiger partial charge is 0.463 e. The molecule has 24 heavy (non-hydrogen) atoms. The number of carbonyl (C=O) groups excluding carboxylic acids is 2. The van der Waals surface area contributed by atoms with Crippen LogP contribution in [0, 0.1) is 0 Å². The van der Waals surface area contributed by atoms with Gasteiger partial charge in [-0.2, -0.15) is 0 Å². The van der Waals surface area contributed by atoms with E-state index in [1.807, 2.05) is 13.8 Å². The van der Waals surface area contributed by atoms with E-state index in [9.17, 15) is 9.59 Å². The monoisotopic (exact) mass is 370 g/mol. The number of rotatable bonds is 9. The van der Waals surface area contributed by atoms with Crippen LogP contribution in [0.4, 0.5) is 0 Å². The standard InChI is InChI=1S/C18H34O4Si2/c1-11-15(21-17(19)13(3)4)24(10,23(7,8)9)16(12-2)22-18(20)14(5)6/h15-16H,3,5,11-12H2,1-2,4,6-10H3. The van der Waals surface area contributed by atoms with Crippen LogP contribution >= 0.6 is 0 Å². The molecular formula is C18H34O4Si2. The molecule has 0 N–H and O–H groups in total. The molecule has 0 aromatic carbocycles. The van der Waals surface area contributed by atoms with Gasteiger partial charge in [-0.25, -0.2) is 9.59 Å². The molecule has 0 amide bonds. The summed E-state index contributed by atoms with van der Waals surface area (Å²) in [5.41, 5.74) is 0.396. The Kier molecular flexibility index (Phi) is 8.38. The Morgan fingerprint density at radius 2 is 1.12 bits per heavy atom. The van der Waals surface area contributed by atoms with Gasteiger partial charge in [0.25, 0.3) is 0 Å². The summed E-state index contributed by atoms with van der Waals surface area (Å²) in [5.74, 6) is -0.722. The van der Waals surface area contributed by atoms with Crippen LogP contribution in [-0.4, -0.2) is 38.6 Å². The van der Waals surface area contributed by atoms with Crippen molar-refractivity contribution in [3.63, 3.8) is 0 Å². The minimum absolute atomic E-state index is 0.198. The van der Waals surface area contributed by atoms with Crippen molar-refractivity contribution in [2.24, 2.45) is 0 Å². The molecule has 0 aliphatic rings. The van der Waals surface area contributed by atoms with E-state index < -0.39 is 15.2 Å². The molecule has 138 valence electrons. The molecule has 0 bridgehead atoms. The summed E-state index contributed by atoms with van der Waals surface area (Å²) in [6, 6.07) is 0. The van der Waals surface area contributed by atoms with Crippen molar-refractivity contribution < 1.29 is 19.1 Å². The Bertz CT molecular complexity index is 470. The number of ether oxygens (including phenoxy) is 2. The van der Waals surface area contributed by atoms with Crippen LogP contribution in [-0.2, 0) is 19.1 Å². The van der Waals surface area contributed by atoms with E-state index >= 15 is 0 Å². The van der Waals surface area contributed by atoms with Crippen molar-refractivity contribution in [1.29, 1.82) is 0 Å². The van der Waals surface area contributed by atoms with E-state index in [0.717, 1.165) is 0 Å². The van der Waals surface area contributed by atoms with Gasteiger partial charge in [0.15, 0.2) is 0 Å². The van der Waals surface area contributed by atoms with E-state index in [1.54, 1.807) is 13.8 Å². The third-order valence-electron chi connectivity index (χ3n) is 4.89. The summed E-state index contributed by atoms with van der Waals surface area (Å²) < 4.78 is 11.6. The van der Waals surface area contributed by atoms with E-state index in [4.69, 9.17) is 9.47 Å². The van der Waals surface area contributed by atoms with Gasteiger partial charge in [-0.1, -0.05) is 53.2 Å². The molecule has 2 unspecified atom stereocenters. The molecule has 0 fully saturated rings. The highest BCUT2D eigenvalue weighted by Gasteiger charge is 2.55.